The molecule has 0 heterocycles. The number of rotatable bonds is 8. The van der Waals surface area contributed by atoms with Crippen molar-refractivity contribution >= 4 is 10.1 Å². The van der Waals surface area contributed by atoms with Gasteiger partial charge < -0.3 is 4.55 Å². The molecule has 26 heavy (non-hydrogen) atoms. The van der Waals surface area contributed by atoms with Gasteiger partial charge in [-0.1, -0.05) is 0 Å². The van der Waals surface area contributed by atoms with Crippen molar-refractivity contribution in [3.05, 3.63) is 0 Å². The van der Waals surface area contributed by atoms with E-state index in [2.05, 4.69) is 0 Å². The van der Waals surface area contributed by atoms with Crippen LogP contribution in [0.25, 0.3) is 0 Å². The summed E-state index contributed by atoms with van der Waals surface area (Å²) >= 11 is 0. The van der Waals surface area contributed by atoms with E-state index in [9.17, 15) is 70.0 Å². The predicted molar refractivity (Wildman–Crippen MR) is 50.2 cm³/mol. The molecule has 0 aliphatic rings. The Balaban J connectivity index is 0. The normalized spacial score (nSPS) is 18.3. The van der Waals surface area contributed by atoms with Gasteiger partial charge in [0, 0.05) is 0 Å². The average Bonchev–Trinajstić information content (AvgIpc) is 2.42. The van der Waals surface area contributed by atoms with Gasteiger partial charge >= 0.3 is 42.6 Å². The number of hydrogen-bond donors (Lipinski definition) is 0. The molecule has 0 fully saturated rings. The Morgan fingerprint density at radius 1 is 0.692 bits per heavy atom. The molecule has 3 nitrogen and oxygen atoms in total. The van der Waals surface area contributed by atoms with Crippen molar-refractivity contribution in [3.63, 3.8) is 0 Å². The zero-order chi connectivity index (χ0) is 20.8. The zero-order valence-corrected chi connectivity index (χ0v) is 12.7. The van der Waals surface area contributed by atoms with Gasteiger partial charge in [0.1, 0.15) is 10.1 Å². The first kappa shape index (κ1) is 27.8. The van der Waals surface area contributed by atoms with Gasteiger partial charge in [-0.3, -0.25) is 0 Å². The molecule has 0 N–H and O–H groups in total. The van der Waals surface area contributed by atoms with Gasteiger partial charge in [-0.05, 0) is 0 Å². The van der Waals surface area contributed by atoms with E-state index in [0.717, 1.165) is 0 Å². The van der Waals surface area contributed by atoms with Crippen molar-refractivity contribution < 1.29 is 88.9 Å². The van der Waals surface area contributed by atoms with Crippen molar-refractivity contribution in [3.8, 4) is 0 Å². The molecule has 0 aromatic rings. The largest absolute Gasteiger partial charge is 1.00 e. The van der Waals surface area contributed by atoms with E-state index in [1.165, 1.54) is 0 Å². The second-order valence-corrected chi connectivity index (χ2v) is 5.78. The quantitative estimate of drug-likeness (QED) is 0.314. The fourth-order valence-corrected chi connectivity index (χ4v) is 1.75. The van der Waals surface area contributed by atoms with Gasteiger partial charge in [0.25, 0.3) is 11.9 Å². The van der Waals surface area contributed by atoms with E-state index in [0.29, 0.717) is 0 Å². The van der Waals surface area contributed by atoms with E-state index < -0.39 is 58.1 Å². The summed E-state index contributed by atoms with van der Waals surface area (Å²) in [5, 5.41) is 0. The number of hydrogen-bond acceptors (Lipinski definition) is 3. The van der Waals surface area contributed by atoms with Crippen LogP contribution in [0.4, 0.5) is 57.1 Å². The molecule has 0 aliphatic heterocycles. The summed E-state index contributed by atoms with van der Waals surface area (Å²) in [7, 11) is -7.11. The second-order valence-electron chi connectivity index (χ2n) is 4.38. The summed E-state index contributed by atoms with van der Waals surface area (Å²) in [6.45, 7) is 0. The van der Waals surface area contributed by atoms with Gasteiger partial charge in [-0.15, -0.1) is 0 Å². The molecule has 0 spiro atoms. The number of alkyl halides is 13. The molecule has 18 heteroatoms. The molecule has 0 aliphatic carbocycles. The smallest absolute Gasteiger partial charge is 0.746 e. The molecule has 0 saturated heterocycles. The van der Waals surface area contributed by atoms with Crippen LogP contribution in [0, 0.1) is 0 Å². The molecule has 0 bridgehead atoms. The van der Waals surface area contributed by atoms with Crippen LogP contribution < -0.4 is 18.9 Å². The molecule has 152 valence electrons. The minimum absolute atomic E-state index is 0. The summed E-state index contributed by atoms with van der Waals surface area (Å²) in [5.74, 6) is -30.3. The van der Waals surface area contributed by atoms with Crippen molar-refractivity contribution in [2.75, 3.05) is 0 Å². The van der Waals surface area contributed by atoms with Crippen LogP contribution in [0.3, 0.4) is 0 Å². The van der Waals surface area contributed by atoms with Gasteiger partial charge in [0.15, 0.2) is 6.17 Å². The molecule has 0 aromatic carbocycles. The Kier molecular flexibility index (Phi) is 8.47. The van der Waals surface area contributed by atoms with E-state index in [-0.39, 0.29) is 18.9 Å². The standard InChI is InChI=1S/C8H5F13O3S.Li/c9-1(3(11)12)2(10)5(14,15)7(18,19)8(20,21)6(16,17)4(13)25(22,23)24;/h1-4H,(H,22,23,24);/q;+1/p-1. The summed E-state index contributed by atoms with van der Waals surface area (Å²) in [6, 6.07) is 0. The Labute approximate surface area is 147 Å². The SMILES string of the molecule is O=S(=O)([O-])C(F)C(F)(F)C(F)(F)C(F)(F)C(F)(F)C(F)C(F)C(F)F.[Li+]. The van der Waals surface area contributed by atoms with E-state index in [1.54, 1.807) is 0 Å². The van der Waals surface area contributed by atoms with Crippen molar-refractivity contribution in [2.24, 2.45) is 0 Å². The molecule has 0 amide bonds. The molecule has 0 aromatic heterocycles. The summed E-state index contributed by atoms with van der Waals surface area (Å²) in [5.41, 5.74) is -5.70. The molecule has 3 atom stereocenters. The van der Waals surface area contributed by atoms with Gasteiger partial charge in [-0.25, -0.2) is 30.4 Å². The zero-order valence-electron chi connectivity index (χ0n) is 11.9. The first-order valence-corrected chi connectivity index (χ1v) is 6.80. The Morgan fingerprint density at radius 2 is 1.00 bits per heavy atom. The first-order valence-electron chi connectivity index (χ1n) is 5.33. The van der Waals surface area contributed by atoms with Crippen LogP contribution in [0.1, 0.15) is 0 Å². The van der Waals surface area contributed by atoms with Gasteiger partial charge in [0.2, 0.25) is 6.17 Å². The van der Waals surface area contributed by atoms with Gasteiger partial charge in [0.05, 0.1) is 0 Å². The maximum absolute atomic E-state index is 13.0. The van der Waals surface area contributed by atoms with Crippen molar-refractivity contribution in [1.29, 1.82) is 0 Å². The summed E-state index contributed by atoms with van der Waals surface area (Å²) in [4.78, 5) is 0. The Bertz CT molecular complexity index is 580. The fraction of sp³-hybridized carbons (Fsp3) is 1.00. The molecule has 0 saturated carbocycles. The minimum Gasteiger partial charge on any atom is -0.746 e. The topological polar surface area (TPSA) is 57.2 Å². The average molecular weight is 434 g/mol. The van der Waals surface area contributed by atoms with Crippen LogP contribution in [0.15, 0.2) is 0 Å². The second kappa shape index (κ2) is 7.92. The van der Waals surface area contributed by atoms with Crippen LogP contribution in [-0.4, -0.2) is 60.9 Å². The third-order valence-corrected chi connectivity index (χ3v) is 3.44. The van der Waals surface area contributed by atoms with E-state index in [1.807, 2.05) is 0 Å². The predicted octanol–water partition coefficient (Wildman–Crippen LogP) is 0.314. The molecule has 3 unspecified atom stereocenters. The fourth-order valence-electron chi connectivity index (χ4n) is 1.24. The third kappa shape index (κ3) is 4.36. The maximum Gasteiger partial charge on any atom is 1.00 e. The van der Waals surface area contributed by atoms with Crippen LogP contribution in [0.5, 0.6) is 0 Å². The van der Waals surface area contributed by atoms with Crippen LogP contribution >= 0.6 is 0 Å². The molecular formula is C8H4F13LiO3S. The van der Waals surface area contributed by atoms with E-state index in [4.69, 9.17) is 0 Å². The molecule has 0 radical (unpaired) electrons. The van der Waals surface area contributed by atoms with Gasteiger partial charge in [-0.2, -0.15) is 35.1 Å². The Hall–Kier alpha value is -0.403. The van der Waals surface area contributed by atoms with Crippen LogP contribution in [0.2, 0.25) is 0 Å². The third-order valence-electron chi connectivity index (χ3n) is 2.64. The van der Waals surface area contributed by atoms with Crippen molar-refractivity contribution in [2.45, 2.75) is 48.0 Å². The summed E-state index contributed by atoms with van der Waals surface area (Å²) in [6.07, 6.45) is -15.1. The van der Waals surface area contributed by atoms with Crippen LogP contribution in [-0.2, 0) is 10.1 Å². The maximum atomic E-state index is 13.0. The summed E-state index contributed by atoms with van der Waals surface area (Å²) < 4.78 is 194. The van der Waals surface area contributed by atoms with E-state index >= 15 is 0 Å². The number of halogens is 13. The first-order chi connectivity index (χ1) is 10.7. The Morgan fingerprint density at radius 3 is 1.27 bits per heavy atom. The minimum atomic E-state index is -7.81. The molecular weight excluding hydrogens is 430 g/mol. The van der Waals surface area contributed by atoms with Crippen molar-refractivity contribution in [1.82, 2.24) is 0 Å². The monoisotopic (exact) mass is 434 g/mol. The molecule has 0 rings (SSSR count).